The third kappa shape index (κ3) is 5.94. The Morgan fingerprint density at radius 3 is 2.40 bits per heavy atom. The van der Waals surface area contributed by atoms with Crippen LogP contribution in [-0.2, 0) is 10.1 Å². The highest BCUT2D eigenvalue weighted by Crippen LogP contribution is 2.32. The summed E-state index contributed by atoms with van der Waals surface area (Å²) in [6.45, 7) is 0. The molecule has 0 saturated carbocycles. The number of methoxy groups -OCH3 is 1. The largest absolute Gasteiger partial charge is 0.493 e. The van der Waals surface area contributed by atoms with Crippen LogP contribution in [0.15, 0.2) is 76.7 Å². The third-order valence-electron chi connectivity index (χ3n) is 4.42. The molecule has 0 heterocycles. The van der Waals surface area contributed by atoms with E-state index in [0.717, 1.165) is 18.2 Å². The minimum atomic E-state index is -4.56. The predicted molar refractivity (Wildman–Crippen MR) is 122 cm³/mol. The molecule has 0 aliphatic carbocycles. The molecule has 0 aliphatic heterocycles. The lowest BCUT2D eigenvalue weighted by atomic mass is 10.2. The Bertz CT molecular complexity index is 1440. The van der Waals surface area contributed by atoms with Gasteiger partial charge in [-0.3, -0.25) is 25.0 Å². The molecule has 0 radical (unpaired) electrons. The number of rotatable bonds is 9. The Labute approximate surface area is 198 Å². The van der Waals surface area contributed by atoms with Crippen molar-refractivity contribution in [1.82, 2.24) is 5.43 Å². The number of benzene rings is 3. The monoisotopic (exact) mass is 500 g/mol. The zero-order valence-electron chi connectivity index (χ0n) is 17.9. The van der Waals surface area contributed by atoms with E-state index in [1.807, 2.05) is 0 Å². The topological polar surface area (TPSA) is 180 Å². The Morgan fingerprint density at radius 2 is 1.71 bits per heavy atom. The van der Waals surface area contributed by atoms with Gasteiger partial charge in [0.25, 0.3) is 17.3 Å². The van der Waals surface area contributed by atoms with Crippen LogP contribution in [0.25, 0.3) is 0 Å². The molecule has 1 amide bonds. The molecule has 1 N–H and O–H groups in total. The summed E-state index contributed by atoms with van der Waals surface area (Å²) in [5.41, 5.74) is 1.72. The van der Waals surface area contributed by atoms with E-state index in [1.54, 1.807) is 0 Å². The van der Waals surface area contributed by atoms with Crippen molar-refractivity contribution in [2.75, 3.05) is 7.11 Å². The lowest BCUT2D eigenvalue weighted by molar-refractivity contribution is -0.387. The normalized spacial score (nSPS) is 11.1. The summed E-state index contributed by atoms with van der Waals surface area (Å²) in [6.07, 6.45) is 1.22. The Balaban J connectivity index is 1.77. The molecule has 3 aromatic rings. The van der Waals surface area contributed by atoms with Crippen LogP contribution < -0.4 is 14.3 Å². The summed E-state index contributed by atoms with van der Waals surface area (Å²) in [5.74, 6) is -0.947. The number of nitrogens with zero attached hydrogens (tertiary/aromatic N) is 3. The molecule has 0 unspecified atom stereocenters. The first kappa shape index (κ1) is 24.8. The number of hydrogen-bond acceptors (Lipinski definition) is 10. The van der Waals surface area contributed by atoms with Gasteiger partial charge >= 0.3 is 10.1 Å². The van der Waals surface area contributed by atoms with E-state index in [1.165, 1.54) is 61.9 Å². The molecule has 0 saturated heterocycles. The second-order valence-electron chi connectivity index (χ2n) is 6.68. The molecule has 180 valence electrons. The Hall–Kier alpha value is -4.85. The molecule has 14 heteroatoms. The maximum absolute atomic E-state index is 12.6. The molecule has 0 bridgehead atoms. The maximum Gasteiger partial charge on any atom is 0.346 e. The first-order valence-corrected chi connectivity index (χ1v) is 11.0. The average molecular weight is 500 g/mol. The van der Waals surface area contributed by atoms with Gasteiger partial charge in [0, 0.05) is 23.8 Å². The summed E-state index contributed by atoms with van der Waals surface area (Å²) in [5, 5.41) is 25.8. The lowest BCUT2D eigenvalue weighted by Gasteiger charge is -2.11. The van der Waals surface area contributed by atoms with Gasteiger partial charge in [-0.1, -0.05) is 18.2 Å². The number of hydrogen-bond donors (Lipinski definition) is 1. The summed E-state index contributed by atoms with van der Waals surface area (Å²) in [4.78, 5) is 32.0. The van der Waals surface area contributed by atoms with Crippen molar-refractivity contribution >= 4 is 33.6 Å². The summed E-state index contributed by atoms with van der Waals surface area (Å²) in [6, 6.07) is 13.8. The third-order valence-corrected chi connectivity index (χ3v) is 5.70. The van der Waals surface area contributed by atoms with E-state index in [0.29, 0.717) is 5.56 Å². The van der Waals surface area contributed by atoms with Crippen LogP contribution in [-0.4, -0.2) is 37.5 Å². The van der Waals surface area contributed by atoms with Crippen LogP contribution in [0, 0.1) is 20.2 Å². The van der Waals surface area contributed by atoms with Crippen LogP contribution >= 0.6 is 0 Å². The van der Waals surface area contributed by atoms with Crippen LogP contribution in [0.1, 0.15) is 15.9 Å². The number of nitro groups is 2. The zero-order valence-corrected chi connectivity index (χ0v) is 18.7. The van der Waals surface area contributed by atoms with Crippen molar-refractivity contribution in [3.8, 4) is 11.5 Å². The molecule has 0 fully saturated rings. The van der Waals surface area contributed by atoms with Crippen molar-refractivity contribution in [1.29, 1.82) is 0 Å². The molecular weight excluding hydrogens is 484 g/mol. The van der Waals surface area contributed by atoms with Crippen LogP contribution in [0.2, 0.25) is 0 Å². The fourth-order valence-corrected chi connectivity index (χ4v) is 3.91. The van der Waals surface area contributed by atoms with Gasteiger partial charge in [0.15, 0.2) is 16.4 Å². The summed E-state index contributed by atoms with van der Waals surface area (Å²) >= 11 is 0. The van der Waals surface area contributed by atoms with Gasteiger partial charge in [0.05, 0.1) is 23.2 Å². The van der Waals surface area contributed by atoms with Crippen molar-refractivity contribution in [3.05, 3.63) is 98.1 Å². The fraction of sp³-hybridized carbons (Fsp3) is 0.0476. The number of carbonyl (C=O) groups is 1. The highest BCUT2D eigenvalue weighted by molar-refractivity contribution is 7.87. The second kappa shape index (κ2) is 10.4. The molecule has 0 atom stereocenters. The Morgan fingerprint density at radius 1 is 0.971 bits per heavy atom. The molecule has 3 aromatic carbocycles. The summed E-state index contributed by atoms with van der Waals surface area (Å²) in [7, 11) is -3.31. The second-order valence-corrected chi connectivity index (χ2v) is 8.19. The smallest absolute Gasteiger partial charge is 0.346 e. The van der Waals surface area contributed by atoms with Crippen LogP contribution in [0.5, 0.6) is 11.5 Å². The molecule has 13 nitrogen and oxygen atoms in total. The average Bonchev–Trinajstić information content (AvgIpc) is 2.84. The Kier molecular flexibility index (Phi) is 7.36. The standard InChI is InChI=1S/C21H16N4O9S/c1-33-19-11-14(13-22-23-21(26)15-5-4-6-16(12-15)24(27)28)9-10-18(19)34-35(31,32)20-8-3-2-7-17(20)25(29)30/h2-13H,1H3,(H,23,26)/b22-13-. The predicted octanol–water partition coefficient (Wildman–Crippen LogP) is 3.04. The van der Waals surface area contributed by atoms with Crippen molar-refractivity contribution in [2.24, 2.45) is 5.10 Å². The molecular formula is C21H16N4O9S. The highest BCUT2D eigenvalue weighted by Gasteiger charge is 2.28. The molecule has 35 heavy (non-hydrogen) atoms. The van der Waals surface area contributed by atoms with E-state index >= 15 is 0 Å². The number of nitro benzene ring substituents is 2. The number of hydrazone groups is 1. The number of carbonyl (C=O) groups excluding carboxylic acids is 1. The van der Waals surface area contributed by atoms with Gasteiger partial charge in [-0.05, 0) is 35.9 Å². The number of amides is 1. The van der Waals surface area contributed by atoms with Crippen molar-refractivity contribution < 1.29 is 32.0 Å². The molecule has 3 rings (SSSR count). The maximum atomic E-state index is 12.6. The minimum Gasteiger partial charge on any atom is -0.493 e. The number of non-ortho nitro benzene ring substituents is 1. The van der Waals surface area contributed by atoms with Gasteiger partial charge in [0.2, 0.25) is 0 Å². The van der Waals surface area contributed by atoms with Gasteiger partial charge in [-0.15, -0.1) is 0 Å². The van der Waals surface area contributed by atoms with E-state index in [9.17, 15) is 33.4 Å². The van der Waals surface area contributed by atoms with Crippen LogP contribution in [0.4, 0.5) is 11.4 Å². The first-order chi connectivity index (χ1) is 16.6. The fourth-order valence-electron chi connectivity index (χ4n) is 2.81. The van der Waals surface area contributed by atoms with E-state index in [2.05, 4.69) is 10.5 Å². The van der Waals surface area contributed by atoms with Crippen molar-refractivity contribution in [2.45, 2.75) is 4.90 Å². The van der Waals surface area contributed by atoms with Gasteiger partial charge < -0.3 is 8.92 Å². The first-order valence-electron chi connectivity index (χ1n) is 9.56. The minimum absolute atomic E-state index is 0.0258. The van der Waals surface area contributed by atoms with Gasteiger partial charge in [-0.25, -0.2) is 5.43 Å². The molecule has 0 aliphatic rings. The number of ether oxygens (including phenoxy) is 1. The molecule has 0 aromatic heterocycles. The lowest BCUT2D eigenvalue weighted by Crippen LogP contribution is -2.17. The van der Waals surface area contributed by atoms with Crippen LogP contribution in [0.3, 0.4) is 0 Å². The number of para-hydroxylation sites is 1. The quantitative estimate of drug-likeness (QED) is 0.200. The zero-order chi connectivity index (χ0) is 25.6. The van der Waals surface area contributed by atoms with Crippen molar-refractivity contribution in [3.63, 3.8) is 0 Å². The van der Waals surface area contributed by atoms with E-state index < -0.39 is 36.5 Å². The van der Waals surface area contributed by atoms with Gasteiger partial charge in [-0.2, -0.15) is 13.5 Å². The highest BCUT2D eigenvalue weighted by atomic mass is 32.2. The summed E-state index contributed by atoms with van der Waals surface area (Å²) < 4.78 is 35.5. The van der Waals surface area contributed by atoms with E-state index in [4.69, 9.17) is 8.92 Å². The number of nitrogens with one attached hydrogen (secondary N) is 1. The van der Waals surface area contributed by atoms with Gasteiger partial charge in [0.1, 0.15) is 0 Å². The van der Waals surface area contributed by atoms with E-state index in [-0.39, 0.29) is 22.7 Å². The SMILES string of the molecule is COc1cc(/C=N\NC(=O)c2cccc([N+](=O)[O-])c2)ccc1OS(=O)(=O)c1ccccc1[N+](=O)[O-]. The molecule has 0 spiro atoms.